The van der Waals surface area contributed by atoms with Gasteiger partial charge in [-0.25, -0.2) is 9.89 Å². The van der Waals surface area contributed by atoms with Gasteiger partial charge in [0.15, 0.2) is 5.66 Å². The van der Waals surface area contributed by atoms with Crippen molar-refractivity contribution >= 4 is 17.6 Å². The van der Waals surface area contributed by atoms with E-state index in [1.165, 1.54) is 5.56 Å². The number of benzene rings is 1. The summed E-state index contributed by atoms with van der Waals surface area (Å²) >= 11 is 0. The van der Waals surface area contributed by atoms with Gasteiger partial charge in [0.05, 0.1) is 0 Å². The van der Waals surface area contributed by atoms with E-state index in [4.69, 9.17) is 11.5 Å². The number of guanidine groups is 2. The number of aliphatic imine (C=N–C) groups is 1. The number of nitrogens with one attached hydrogen (secondary N) is 1. The standard InChI is InChI=1S/C12H17N5/c1-8-4-6-9(7-5-8)17-11(14)15-10(13)16-12(17,2)3/h4-7H,1-3H3,(H4,13,14,15,16)/p+1. The van der Waals surface area contributed by atoms with Gasteiger partial charge in [0.1, 0.15) is 5.69 Å². The van der Waals surface area contributed by atoms with Crippen molar-refractivity contribution in [2.75, 3.05) is 0 Å². The topological polar surface area (TPSA) is 79.4 Å². The monoisotopic (exact) mass is 232 g/mol. The molecule has 5 N–H and O–H groups in total. The van der Waals surface area contributed by atoms with E-state index in [2.05, 4.69) is 10.3 Å². The van der Waals surface area contributed by atoms with E-state index in [0.717, 1.165) is 5.69 Å². The lowest BCUT2D eigenvalue weighted by Crippen LogP contribution is -2.55. The smallest absolute Gasteiger partial charge is 0.357 e. The van der Waals surface area contributed by atoms with Gasteiger partial charge in [0.2, 0.25) is 0 Å². The van der Waals surface area contributed by atoms with Crippen LogP contribution in [0.15, 0.2) is 29.3 Å². The van der Waals surface area contributed by atoms with Gasteiger partial charge in [-0.05, 0) is 32.9 Å². The van der Waals surface area contributed by atoms with Gasteiger partial charge in [0, 0.05) is 0 Å². The van der Waals surface area contributed by atoms with Crippen LogP contribution in [-0.2, 0) is 0 Å². The summed E-state index contributed by atoms with van der Waals surface area (Å²) < 4.78 is 1.92. The highest BCUT2D eigenvalue weighted by Crippen LogP contribution is 2.24. The minimum absolute atomic E-state index is 0.343. The molecule has 5 nitrogen and oxygen atoms in total. The average molecular weight is 232 g/mol. The molecule has 0 saturated carbocycles. The highest BCUT2D eigenvalue weighted by Gasteiger charge is 2.33. The number of hydrogen-bond donors (Lipinski definition) is 3. The summed E-state index contributed by atoms with van der Waals surface area (Å²) in [7, 11) is 0. The second kappa shape index (κ2) is 3.76. The van der Waals surface area contributed by atoms with E-state index in [-0.39, 0.29) is 0 Å². The number of rotatable bonds is 1. The summed E-state index contributed by atoms with van der Waals surface area (Å²) in [6.45, 7) is 5.98. The number of nitrogens with zero attached hydrogens (tertiary/aromatic N) is 2. The van der Waals surface area contributed by atoms with E-state index >= 15 is 0 Å². The van der Waals surface area contributed by atoms with Crippen LogP contribution in [0, 0.1) is 6.92 Å². The van der Waals surface area contributed by atoms with Crippen molar-refractivity contribution in [1.82, 2.24) is 5.32 Å². The van der Waals surface area contributed by atoms with Crippen LogP contribution in [0.2, 0.25) is 0 Å². The molecule has 0 atom stereocenters. The molecule has 0 radical (unpaired) electrons. The van der Waals surface area contributed by atoms with Crippen molar-refractivity contribution in [2.24, 2.45) is 16.5 Å². The predicted molar refractivity (Wildman–Crippen MR) is 69.1 cm³/mol. The molecule has 0 bridgehead atoms. The summed E-state index contributed by atoms with van der Waals surface area (Å²) in [6.07, 6.45) is 0. The number of nitrogens with two attached hydrogens (primary N) is 2. The molecular weight excluding hydrogens is 214 g/mol. The SMILES string of the molecule is Cc1ccc([N+]2=C(N)NC(N)=NC2(C)C)cc1. The molecule has 90 valence electrons. The Kier molecular flexibility index (Phi) is 2.53. The lowest BCUT2D eigenvalue weighted by atomic mass is 10.1. The summed E-state index contributed by atoms with van der Waals surface area (Å²) in [5, 5.41) is 2.85. The van der Waals surface area contributed by atoms with Gasteiger partial charge in [-0.15, -0.1) is 0 Å². The Hall–Kier alpha value is -2.04. The summed E-state index contributed by atoms with van der Waals surface area (Å²) in [5.41, 5.74) is 13.4. The Morgan fingerprint density at radius 2 is 1.76 bits per heavy atom. The lowest BCUT2D eigenvalue weighted by molar-refractivity contribution is -0.527. The normalized spacial score (nSPS) is 18.6. The van der Waals surface area contributed by atoms with Crippen LogP contribution in [-0.4, -0.2) is 22.2 Å². The molecule has 1 aromatic carbocycles. The highest BCUT2D eigenvalue weighted by atomic mass is 15.4. The fraction of sp³-hybridized carbons (Fsp3) is 0.333. The van der Waals surface area contributed by atoms with Crippen LogP contribution in [0.1, 0.15) is 19.4 Å². The van der Waals surface area contributed by atoms with Crippen molar-refractivity contribution in [3.8, 4) is 0 Å². The fourth-order valence-corrected chi connectivity index (χ4v) is 2.00. The molecule has 1 aliphatic rings. The minimum atomic E-state index is -0.491. The quantitative estimate of drug-likeness (QED) is 0.621. The maximum absolute atomic E-state index is 5.99. The van der Waals surface area contributed by atoms with Crippen LogP contribution in [0.25, 0.3) is 0 Å². The molecule has 0 amide bonds. The fourth-order valence-electron chi connectivity index (χ4n) is 2.00. The molecule has 5 heteroatoms. The third kappa shape index (κ3) is 2.08. The van der Waals surface area contributed by atoms with Gasteiger partial charge < -0.3 is 5.73 Å². The number of aryl methyl sites for hydroxylation is 1. The van der Waals surface area contributed by atoms with Gasteiger partial charge in [-0.1, -0.05) is 17.7 Å². The molecule has 1 aromatic rings. The zero-order valence-corrected chi connectivity index (χ0v) is 10.4. The second-order valence-corrected chi connectivity index (χ2v) is 4.67. The van der Waals surface area contributed by atoms with E-state index in [1.807, 2.05) is 49.6 Å². The van der Waals surface area contributed by atoms with Crippen LogP contribution < -0.4 is 16.8 Å². The van der Waals surface area contributed by atoms with Gasteiger partial charge in [0.25, 0.3) is 5.96 Å². The van der Waals surface area contributed by atoms with Gasteiger partial charge in [-0.2, -0.15) is 4.99 Å². The van der Waals surface area contributed by atoms with Crippen molar-refractivity contribution in [2.45, 2.75) is 26.4 Å². The molecule has 0 saturated heterocycles. The average Bonchev–Trinajstić information content (AvgIpc) is 2.18. The number of hydrogen-bond acceptors (Lipinski definition) is 4. The Balaban J connectivity index is 2.50. The first-order valence-electron chi connectivity index (χ1n) is 5.52. The molecular formula is C12H18N5+. The highest BCUT2D eigenvalue weighted by molar-refractivity contribution is 5.96. The molecule has 0 aliphatic carbocycles. The second-order valence-electron chi connectivity index (χ2n) is 4.67. The Labute approximate surface area is 101 Å². The van der Waals surface area contributed by atoms with E-state index in [1.54, 1.807) is 0 Å². The third-order valence-electron chi connectivity index (χ3n) is 2.73. The summed E-state index contributed by atoms with van der Waals surface area (Å²) in [6, 6.07) is 8.12. The van der Waals surface area contributed by atoms with Crippen LogP contribution >= 0.6 is 0 Å². The molecule has 1 heterocycles. The molecule has 0 aromatic heterocycles. The predicted octanol–water partition coefficient (Wildman–Crippen LogP) is 0.608. The zero-order valence-electron chi connectivity index (χ0n) is 10.4. The van der Waals surface area contributed by atoms with Crippen molar-refractivity contribution < 1.29 is 4.58 Å². The molecule has 17 heavy (non-hydrogen) atoms. The first-order valence-corrected chi connectivity index (χ1v) is 5.52. The Bertz CT molecular complexity index is 496. The molecule has 0 spiro atoms. The van der Waals surface area contributed by atoms with Crippen molar-refractivity contribution in [3.63, 3.8) is 0 Å². The van der Waals surface area contributed by atoms with Crippen molar-refractivity contribution in [3.05, 3.63) is 29.8 Å². The molecule has 0 unspecified atom stereocenters. The minimum Gasteiger partial charge on any atom is -0.357 e. The molecule has 2 rings (SSSR count). The maximum atomic E-state index is 5.99. The van der Waals surface area contributed by atoms with E-state index in [9.17, 15) is 0 Å². The largest absolute Gasteiger partial charge is 0.357 e. The Morgan fingerprint density at radius 3 is 2.29 bits per heavy atom. The maximum Gasteiger partial charge on any atom is 0.357 e. The van der Waals surface area contributed by atoms with E-state index in [0.29, 0.717) is 11.9 Å². The lowest BCUT2D eigenvalue weighted by Gasteiger charge is -2.28. The Morgan fingerprint density at radius 1 is 1.18 bits per heavy atom. The van der Waals surface area contributed by atoms with Crippen LogP contribution in [0.4, 0.5) is 5.69 Å². The first-order chi connectivity index (χ1) is 7.90. The third-order valence-corrected chi connectivity index (χ3v) is 2.73. The van der Waals surface area contributed by atoms with Gasteiger partial charge in [-0.3, -0.25) is 5.73 Å². The molecule has 0 fully saturated rings. The zero-order chi connectivity index (χ0) is 12.6. The van der Waals surface area contributed by atoms with Crippen molar-refractivity contribution in [1.29, 1.82) is 0 Å². The van der Waals surface area contributed by atoms with Crippen LogP contribution in [0.3, 0.4) is 0 Å². The molecule has 1 aliphatic heterocycles. The first kappa shape index (κ1) is 11.4. The summed E-state index contributed by atoms with van der Waals surface area (Å²) in [5.74, 6) is 0.835. The van der Waals surface area contributed by atoms with Crippen LogP contribution in [0.5, 0.6) is 0 Å². The summed E-state index contributed by atoms with van der Waals surface area (Å²) in [4.78, 5) is 4.35. The van der Waals surface area contributed by atoms with E-state index < -0.39 is 5.66 Å². The van der Waals surface area contributed by atoms with Gasteiger partial charge >= 0.3 is 5.96 Å².